The van der Waals surface area contributed by atoms with Crippen LogP contribution in [0.3, 0.4) is 0 Å². The molecule has 124 valence electrons. The predicted molar refractivity (Wildman–Crippen MR) is 91.0 cm³/mol. The molecule has 1 N–H and O–H groups in total. The zero-order chi connectivity index (χ0) is 16.6. The summed E-state index contributed by atoms with van der Waals surface area (Å²) in [7, 11) is 0. The molecule has 0 radical (unpaired) electrons. The molecule has 2 amide bonds. The highest BCUT2D eigenvalue weighted by Gasteiger charge is 2.66. The zero-order valence-electron chi connectivity index (χ0n) is 14.0. The third-order valence-corrected chi connectivity index (χ3v) is 6.56. The molecule has 3 fully saturated rings. The van der Waals surface area contributed by atoms with Crippen LogP contribution in [0, 0.1) is 49.4 Å². The Bertz CT molecular complexity index is 748. The second-order valence-corrected chi connectivity index (χ2v) is 7.91. The molecule has 2 saturated carbocycles. The first kappa shape index (κ1) is 14.3. The van der Waals surface area contributed by atoms with Gasteiger partial charge in [-0.2, -0.15) is 0 Å². The Morgan fingerprint density at radius 2 is 1.67 bits per heavy atom. The largest absolute Gasteiger partial charge is 0.367 e. The van der Waals surface area contributed by atoms with Gasteiger partial charge in [0, 0.05) is 5.69 Å². The highest BCUT2D eigenvalue weighted by atomic mass is 16.2. The quantitative estimate of drug-likeness (QED) is 0.688. The van der Waals surface area contributed by atoms with Crippen LogP contribution in [0.15, 0.2) is 30.4 Å². The molecule has 0 spiro atoms. The monoisotopic (exact) mass is 322 g/mol. The Labute approximate surface area is 141 Å². The van der Waals surface area contributed by atoms with Crippen molar-refractivity contribution in [3.05, 3.63) is 41.5 Å². The van der Waals surface area contributed by atoms with Crippen LogP contribution in [0.25, 0.3) is 0 Å². The van der Waals surface area contributed by atoms with Crippen molar-refractivity contribution in [1.82, 2.24) is 4.90 Å². The van der Waals surface area contributed by atoms with Gasteiger partial charge in [-0.15, -0.1) is 0 Å². The number of hydrogen-bond acceptors (Lipinski definition) is 3. The molecular formula is C20H22N2O2. The first-order chi connectivity index (χ1) is 11.6. The normalized spacial score (nSPS) is 38.3. The van der Waals surface area contributed by atoms with Gasteiger partial charge in [-0.25, -0.2) is 0 Å². The first-order valence-corrected chi connectivity index (χ1v) is 8.91. The number of likely N-dealkylation sites (tertiary alicyclic amines) is 1. The molecule has 24 heavy (non-hydrogen) atoms. The number of amides is 2. The van der Waals surface area contributed by atoms with Gasteiger partial charge >= 0.3 is 0 Å². The molecule has 6 atom stereocenters. The van der Waals surface area contributed by atoms with Crippen molar-refractivity contribution in [2.24, 2.45) is 35.5 Å². The van der Waals surface area contributed by atoms with Crippen LogP contribution >= 0.6 is 0 Å². The maximum atomic E-state index is 12.9. The average molecular weight is 322 g/mol. The molecule has 0 aromatic heterocycles. The van der Waals surface area contributed by atoms with Gasteiger partial charge in [-0.1, -0.05) is 29.8 Å². The number of anilines is 1. The van der Waals surface area contributed by atoms with E-state index in [1.54, 1.807) is 0 Å². The van der Waals surface area contributed by atoms with Crippen LogP contribution in [0.5, 0.6) is 0 Å². The van der Waals surface area contributed by atoms with Crippen LogP contribution in [-0.2, 0) is 9.59 Å². The van der Waals surface area contributed by atoms with Gasteiger partial charge in [0.25, 0.3) is 0 Å². The van der Waals surface area contributed by atoms with Crippen LogP contribution in [0.1, 0.15) is 17.5 Å². The van der Waals surface area contributed by atoms with Crippen molar-refractivity contribution in [3.63, 3.8) is 0 Å². The van der Waals surface area contributed by atoms with E-state index in [0.717, 1.165) is 11.3 Å². The predicted octanol–water partition coefficient (Wildman–Crippen LogP) is 2.73. The van der Waals surface area contributed by atoms with Crippen molar-refractivity contribution < 1.29 is 9.59 Å². The van der Waals surface area contributed by atoms with Gasteiger partial charge in [-0.3, -0.25) is 14.5 Å². The lowest BCUT2D eigenvalue weighted by molar-refractivity contribution is -0.139. The third kappa shape index (κ3) is 1.80. The molecule has 1 aromatic carbocycles. The highest BCUT2D eigenvalue weighted by Crippen LogP contribution is 2.65. The van der Waals surface area contributed by atoms with Crippen molar-refractivity contribution >= 4 is 17.5 Å². The van der Waals surface area contributed by atoms with Crippen molar-refractivity contribution in [2.45, 2.75) is 20.3 Å². The van der Waals surface area contributed by atoms with E-state index in [2.05, 4.69) is 30.5 Å². The SMILES string of the molecule is Cc1ccc(NCN2C(=O)[C@@H]3[C@@H]4C=C[C@H]([C@@H]5C[C@H]45)[C@H]3C2=O)c(C)c1. The van der Waals surface area contributed by atoms with Crippen molar-refractivity contribution in [1.29, 1.82) is 0 Å². The smallest absolute Gasteiger partial charge is 0.235 e. The lowest BCUT2D eigenvalue weighted by atomic mass is 9.63. The van der Waals surface area contributed by atoms with Crippen LogP contribution in [0.4, 0.5) is 5.69 Å². The van der Waals surface area contributed by atoms with Gasteiger partial charge in [-0.05, 0) is 55.6 Å². The summed E-state index contributed by atoms with van der Waals surface area (Å²) < 4.78 is 0. The summed E-state index contributed by atoms with van der Waals surface area (Å²) in [5.41, 5.74) is 3.33. The van der Waals surface area contributed by atoms with Crippen LogP contribution in [0.2, 0.25) is 0 Å². The first-order valence-electron chi connectivity index (χ1n) is 8.91. The average Bonchev–Trinajstić information content (AvgIpc) is 3.33. The number of imide groups is 1. The van der Waals surface area contributed by atoms with Gasteiger partial charge in [0.05, 0.1) is 18.5 Å². The molecule has 1 heterocycles. The molecule has 0 unspecified atom stereocenters. The number of nitrogens with zero attached hydrogens (tertiary/aromatic N) is 1. The third-order valence-electron chi connectivity index (χ3n) is 6.56. The molecule has 6 rings (SSSR count). The van der Waals surface area contributed by atoms with E-state index in [9.17, 15) is 9.59 Å². The fraction of sp³-hybridized carbons (Fsp3) is 0.500. The minimum Gasteiger partial charge on any atom is -0.367 e. The topological polar surface area (TPSA) is 49.4 Å². The summed E-state index contributed by atoms with van der Waals surface area (Å²) in [4.78, 5) is 27.3. The van der Waals surface area contributed by atoms with E-state index < -0.39 is 0 Å². The number of benzene rings is 1. The number of carbonyl (C=O) groups is 2. The molecular weight excluding hydrogens is 300 g/mol. The lowest BCUT2D eigenvalue weighted by Crippen LogP contribution is -2.40. The summed E-state index contributed by atoms with van der Waals surface area (Å²) in [6.45, 7) is 4.38. The van der Waals surface area contributed by atoms with Gasteiger partial charge < -0.3 is 5.32 Å². The summed E-state index contributed by atoms with van der Waals surface area (Å²) in [6, 6.07) is 6.16. The van der Waals surface area contributed by atoms with E-state index in [1.807, 2.05) is 19.1 Å². The number of aryl methyl sites for hydroxylation is 2. The van der Waals surface area contributed by atoms with Gasteiger partial charge in [0.2, 0.25) is 11.8 Å². The lowest BCUT2D eigenvalue weighted by Gasteiger charge is -2.37. The van der Waals surface area contributed by atoms with E-state index in [4.69, 9.17) is 0 Å². The van der Waals surface area contributed by atoms with E-state index in [0.29, 0.717) is 23.7 Å². The Morgan fingerprint density at radius 1 is 1.04 bits per heavy atom. The molecule has 5 aliphatic rings. The van der Waals surface area contributed by atoms with Crippen LogP contribution in [-0.4, -0.2) is 23.4 Å². The van der Waals surface area contributed by atoms with Gasteiger partial charge in [0.15, 0.2) is 0 Å². The molecule has 1 aliphatic heterocycles. The minimum absolute atomic E-state index is 0.0342. The highest BCUT2D eigenvalue weighted by molar-refractivity contribution is 6.06. The Kier molecular flexibility index (Phi) is 2.80. The molecule has 4 aliphatic carbocycles. The standard InChI is InChI=1S/C20H22N2O2/c1-10-3-6-16(11(2)7-10)21-9-22-19(23)17-12-4-5-13(15-8-14(12)15)18(17)20(22)24/h3-7,12-15,17-18,21H,8-9H2,1-2H3/t12-,13-,14-,15+,17-,18-/m1/s1. The second kappa shape index (κ2) is 4.71. The number of hydrogen-bond donors (Lipinski definition) is 1. The molecule has 2 bridgehead atoms. The summed E-state index contributed by atoms with van der Waals surface area (Å²) in [5, 5.41) is 3.29. The minimum atomic E-state index is -0.0998. The molecule has 4 heteroatoms. The van der Waals surface area contributed by atoms with E-state index >= 15 is 0 Å². The maximum Gasteiger partial charge on any atom is 0.235 e. The fourth-order valence-corrected chi connectivity index (χ4v) is 5.35. The van der Waals surface area contributed by atoms with Crippen LogP contribution < -0.4 is 5.32 Å². The van der Waals surface area contributed by atoms with E-state index in [-0.39, 0.29) is 30.3 Å². The number of nitrogens with one attached hydrogen (secondary N) is 1. The molecule has 1 saturated heterocycles. The van der Waals surface area contributed by atoms with E-state index in [1.165, 1.54) is 16.9 Å². The summed E-state index contributed by atoms with van der Waals surface area (Å²) >= 11 is 0. The van der Waals surface area contributed by atoms with Gasteiger partial charge in [0.1, 0.15) is 0 Å². The summed E-state index contributed by atoms with van der Waals surface area (Å²) in [5.74, 6) is 1.78. The number of rotatable bonds is 3. The van der Waals surface area contributed by atoms with Crippen molar-refractivity contribution in [3.8, 4) is 0 Å². The fourth-order valence-electron chi connectivity index (χ4n) is 5.35. The Balaban J connectivity index is 1.37. The number of carbonyl (C=O) groups excluding carboxylic acids is 2. The maximum absolute atomic E-state index is 12.9. The molecule has 1 aromatic rings. The summed E-state index contributed by atoms with van der Waals surface area (Å²) in [6.07, 6.45) is 5.63. The second-order valence-electron chi connectivity index (χ2n) is 7.91. The Morgan fingerprint density at radius 3 is 2.25 bits per heavy atom. The molecule has 4 nitrogen and oxygen atoms in total. The van der Waals surface area contributed by atoms with Crippen molar-refractivity contribution in [2.75, 3.05) is 12.0 Å². The zero-order valence-corrected chi connectivity index (χ0v) is 14.0. The Hall–Kier alpha value is -2.10. The number of allylic oxidation sites excluding steroid dienone is 2.